The van der Waals surface area contributed by atoms with Crippen molar-refractivity contribution in [2.75, 3.05) is 50.3 Å². The summed E-state index contributed by atoms with van der Waals surface area (Å²) in [6.45, 7) is 7.77. The van der Waals surface area contributed by atoms with Gasteiger partial charge in [0.05, 0.1) is 33.1 Å². The summed E-state index contributed by atoms with van der Waals surface area (Å²) in [5, 5.41) is 0.209. The molecule has 2 heterocycles. The van der Waals surface area contributed by atoms with Gasteiger partial charge in [0.25, 0.3) is 0 Å². The van der Waals surface area contributed by atoms with Crippen molar-refractivity contribution in [2.45, 2.75) is 26.4 Å². The topological polar surface area (TPSA) is 86.2 Å². The zero-order chi connectivity index (χ0) is 22.6. The number of hydrogen-bond donors (Lipinski definition) is 0. The molecule has 0 spiro atoms. The molecule has 1 amide bonds. The molecule has 1 fully saturated rings. The fourth-order valence-corrected chi connectivity index (χ4v) is 3.19. The number of amides is 1. The van der Waals surface area contributed by atoms with Crippen LogP contribution in [0.5, 0.6) is 11.5 Å². The van der Waals surface area contributed by atoms with E-state index in [9.17, 15) is 4.79 Å². The lowest BCUT2D eigenvalue weighted by Gasteiger charge is -2.29. The van der Waals surface area contributed by atoms with Crippen LogP contribution in [0.25, 0.3) is 0 Å². The Morgan fingerprint density at radius 3 is 2.39 bits per heavy atom. The summed E-state index contributed by atoms with van der Waals surface area (Å²) < 4.78 is 21.8. The number of ether oxygens (including phenoxy) is 4. The van der Waals surface area contributed by atoms with Gasteiger partial charge in [0.1, 0.15) is 16.6 Å². The van der Waals surface area contributed by atoms with Gasteiger partial charge < -0.3 is 23.8 Å². The molecule has 0 saturated carbocycles. The van der Waals surface area contributed by atoms with Crippen molar-refractivity contribution in [1.29, 1.82) is 0 Å². The van der Waals surface area contributed by atoms with Crippen molar-refractivity contribution in [3.8, 4) is 11.5 Å². The Balaban J connectivity index is 2.08. The van der Waals surface area contributed by atoms with E-state index in [-0.39, 0.29) is 11.0 Å². The van der Waals surface area contributed by atoms with Gasteiger partial charge in [0.15, 0.2) is 11.5 Å². The molecule has 3 rings (SSSR count). The monoisotopic (exact) mass is 450 g/mol. The van der Waals surface area contributed by atoms with Crippen LogP contribution in [0.4, 0.5) is 22.2 Å². The Bertz CT molecular complexity index is 928. The summed E-state index contributed by atoms with van der Waals surface area (Å²) >= 11 is 6.31. The Morgan fingerprint density at radius 2 is 1.77 bits per heavy atom. The molecule has 10 heteroatoms. The molecule has 1 aliphatic rings. The van der Waals surface area contributed by atoms with E-state index in [1.165, 1.54) is 18.1 Å². The number of aromatic nitrogens is 2. The molecule has 0 N–H and O–H groups in total. The Labute approximate surface area is 186 Å². The fourth-order valence-electron chi connectivity index (χ4n) is 3.02. The van der Waals surface area contributed by atoms with Crippen LogP contribution in [0.2, 0.25) is 5.15 Å². The number of hydrogen-bond acceptors (Lipinski definition) is 8. The van der Waals surface area contributed by atoms with Crippen LogP contribution in [0.15, 0.2) is 24.3 Å². The molecular formula is C21H27ClN4O5. The van der Waals surface area contributed by atoms with Crippen LogP contribution >= 0.6 is 11.6 Å². The van der Waals surface area contributed by atoms with Crippen molar-refractivity contribution >= 4 is 35.1 Å². The summed E-state index contributed by atoms with van der Waals surface area (Å²) in [6, 6.07) is 6.62. The van der Waals surface area contributed by atoms with E-state index in [0.717, 1.165) is 0 Å². The molecule has 1 aliphatic heterocycles. The first-order valence-corrected chi connectivity index (χ1v) is 10.2. The minimum absolute atomic E-state index is 0.209. The Kier molecular flexibility index (Phi) is 7.07. The first-order valence-electron chi connectivity index (χ1n) is 9.84. The van der Waals surface area contributed by atoms with Crippen LogP contribution in [0.3, 0.4) is 0 Å². The Morgan fingerprint density at radius 1 is 1.10 bits per heavy atom. The zero-order valence-corrected chi connectivity index (χ0v) is 19.1. The number of carbonyl (C=O) groups is 1. The average Bonchev–Trinajstić information content (AvgIpc) is 2.72. The largest absolute Gasteiger partial charge is 0.493 e. The predicted octanol–water partition coefficient (Wildman–Crippen LogP) is 4.06. The van der Waals surface area contributed by atoms with Crippen LogP contribution < -0.4 is 19.3 Å². The van der Waals surface area contributed by atoms with Crippen LogP contribution in [0, 0.1) is 0 Å². The second-order valence-corrected chi connectivity index (χ2v) is 8.19. The number of morpholine rings is 1. The van der Waals surface area contributed by atoms with Gasteiger partial charge in [-0.2, -0.15) is 4.98 Å². The molecule has 0 aliphatic carbocycles. The smallest absolute Gasteiger partial charge is 0.420 e. The third-order valence-corrected chi connectivity index (χ3v) is 4.59. The van der Waals surface area contributed by atoms with E-state index < -0.39 is 11.7 Å². The molecule has 1 aromatic heterocycles. The van der Waals surface area contributed by atoms with Gasteiger partial charge in [-0.05, 0) is 32.9 Å². The minimum Gasteiger partial charge on any atom is -0.493 e. The van der Waals surface area contributed by atoms with E-state index in [2.05, 4.69) is 9.97 Å². The second-order valence-electron chi connectivity index (χ2n) is 7.80. The highest BCUT2D eigenvalue weighted by molar-refractivity contribution is 6.29. The third-order valence-electron chi connectivity index (χ3n) is 4.39. The molecule has 9 nitrogen and oxygen atoms in total. The van der Waals surface area contributed by atoms with Gasteiger partial charge in [-0.25, -0.2) is 14.7 Å². The molecule has 1 saturated heterocycles. The third kappa shape index (κ3) is 5.68. The average molecular weight is 451 g/mol. The van der Waals surface area contributed by atoms with Crippen molar-refractivity contribution in [2.24, 2.45) is 0 Å². The fraction of sp³-hybridized carbons (Fsp3) is 0.476. The van der Waals surface area contributed by atoms with Crippen LogP contribution in [-0.2, 0) is 9.47 Å². The van der Waals surface area contributed by atoms with E-state index >= 15 is 0 Å². The normalized spacial score (nSPS) is 14.2. The minimum atomic E-state index is -0.713. The van der Waals surface area contributed by atoms with Crippen LogP contribution in [-0.4, -0.2) is 62.2 Å². The van der Waals surface area contributed by atoms with E-state index in [1.54, 1.807) is 46.1 Å². The molecule has 0 unspecified atom stereocenters. The van der Waals surface area contributed by atoms with E-state index in [0.29, 0.717) is 49.4 Å². The number of nitrogens with zero attached hydrogens (tertiary/aromatic N) is 4. The number of halogens is 1. The van der Waals surface area contributed by atoms with Crippen molar-refractivity contribution in [3.63, 3.8) is 0 Å². The summed E-state index contributed by atoms with van der Waals surface area (Å²) in [6.07, 6.45) is -0.609. The lowest BCUT2D eigenvalue weighted by atomic mass is 10.2. The maximum atomic E-state index is 13.2. The van der Waals surface area contributed by atoms with Gasteiger partial charge >= 0.3 is 6.09 Å². The molecule has 1 aromatic carbocycles. The second kappa shape index (κ2) is 9.57. The number of methoxy groups -OCH3 is 2. The van der Waals surface area contributed by atoms with Gasteiger partial charge in [0.2, 0.25) is 5.95 Å². The van der Waals surface area contributed by atoms with Gasteiger partial charge in [-0.15, -0.1) is 0 Å². The summed E-state index contributed by atoms with van der Waals surface area (Å²) in [7, 11) is 3.07. The molecule has 31 heavy (non-hydrogen) atoms. The molecule has 2 aromatic rings. The molecule has 0 bridgehead atoms. The number of anilines is 3. The number of benzene rings is 1. The highest BCUT2D eigenvalue weighted by Gasteiger charge is 2.28. The summed E-state index contributed by atoms with van der Waals surface area (Å²) in [5.74, 6) is 1.69. The quantitative estimate of drug-likeness (QED) is 0.630. The lowest BCUT2D eigenvalue weighted by Crippen LogP contribution is -2.38. The highest BCUT2D eigenvalue weighted by Crippen LogP contribution is 2.36. The van der Waals surface area contributed by atoms with Gasteiger partial charge in [-0.1, -0.05) is 11.6 Å². The van der Waals surface area contributed by atoms with Gasteiger partial charge in [-0.3, -0.25) is 0 Å². The first kappa shape index (κ1) is 22.9. The highest BCUT2D eigenvalue weighted by atomic mass is 35.5. The number of rotatable bonds is 5. The summed E-state index contributed by atoms with van der Waals surface area (Å²) in [5.41, 5.74) is -0.231. The predicted molar refractivity (Wildman–Crippen MR) is 118 cm³/mol. The van der Waals surface area contributed by atoms with Gasteiger partial charge in [0, 0.05) is 25.2 Å². The Hall–Kier alpha value is -2.78. The maximum absolute atomic E-state index is 13.2. The number of carbonyl (C=O) groups excluding carboxylic acids is 1. The van der Waals surface area contributed by atoms with E-state index in [1.807, 2.05) is 4.90 Å². The standard InChI is InChI=1S/C21H27ClN4O5/c1-21(2,3)31-20(27)26(14-6-7-15(28-4)16(12-14)29-5)18-13-17(22)23-19(24-18)25-8-10-30-11-9-25/h6-7,12-13H,8-11H2,1-5H3. The van der Waals surface area contributed by atoms with Crippen molar-refractivity contribution in [1.82, 2.24) is 9.97 Å². The summed E-state index contributed by atoms with van der Waals surface area (Å²) in [4.78, 5) is 25.4. The van der Waals surface area contributed by atoms with Crippen molar-refractivity contribution in [3.05, 3.63) is 29.4 Å². The van der Waals surface area contributed by atoms with Crippen molar-refractivity contribution < 1.29 is 23.7 Å². The first-order chi connectivity index (χ1) is 14.7. The lowest BCUT2D eigenvalue weighted by molar-refractivity contribution is 0.0598. The molecule has 0 radical (unpaired) electrons. The zero-order valence-electron chi connectivity index (χ0n) is 18.3. The van der Waals surface area contributed by atoms with Crippen LogP contribution in [0.1, 0.15) is 20.8 Å². The molecule has 168 valence electrons. The molecular weight excluding hydrogens is 424 g/mol. The van der Waals surface area contributed by atoms with E-state index in [4.69, 9.17) is 30.5 Å². The maximum Gasteiger partial charge on any atom is 0.420 e. The SMILES string of the molecule is COc1ccc(N(C(=O)OC(C)(C)C)c2cc(Cl)nc(N3CCOCC3)n2)cc1OC. The molecule has 0 atom stereocenters.